The summed E-state index contributed by atoms with van der Waals surface area (Å²) in [6.45, 7) is 1.12. The Morgan fingerprint density at radius 3 is 2.31 bits per heavy atom. The molecule has 0 spiro atoms. The van der Waals surface area contributed by atoms with Crippen LogP contribution in [0.2, 0.25) is 0 Å². The lowest BCUT2D eigenvalue weighted by Gasteiger charge is -2.17. The Hall–Kier alpha value is -3.15. The van der Waals surface area contributed by atoms with Gasteiger partial charge in [-0.25, -0.2) is 4.79 Å². The minimum atomic E-state index is -0.635. The first-order valence-corrected chi connectivity index (χ1v) is 8.15. The summed E-state index contributed by atoms with van der Waals surface area (Å²) >= 11 is 0. The smallest absolute Gasteiger partial charge is 0.341 e. The SMILES string of the molecule is COC(=O)c1ccccc1OCC(=O)N[C@@H](Cc1ccccc1)C(C)=O. The van der Waals surface area contributed by atoms with Gasteiger partial charge in [0, 0.05) is 0 Å². The highest BCUT2D eigenvalue weighted by Crippen LogP contribution is 2.18. The number of nitrogens with one attached hydrogen (secondary N) is 1. The van der Waals surface area contributed by atoms with Crippen LogP contribution in [-0.4, -0.2) is 37.4 Å². The van der Waals surface area contributed by atoms with Gasteiger partial charge < -0.3 is 14.8 Å². The van der Waals surface area contributed by atoms with Crippen molar-refractivity contribution in [2.75, 3.05) is 13.7 Å². The number of hydrogen-bond acceptors (Lipinski definition) is 5. The molecule has 0 saturated heterocycles. The van der Waals surface area contributed by atoms with Crippen molar-refractivity contribution in [3.8, 4) is 5.75 Å². The van der Waals surface area contributed by atoms with Crippen molar-refractivity contribution in [1.82, 2.24) is 5.32 Å². The third kappa shape index (κ3) is 5.44. The van der Waals surface area contributed by atoms with Crippen LogP contribution in [-0.2, 0) is 20.7 Å². The maximum absolute atomic E-state index is 12.2. The molecule has 1 N–H and O–H groups in total. The molecule has 0 heterocycles. The Morgan fingerprint density at radius 1 is 1.00 bits per heavy atom. The topological polar surface area (TPSA) is 81.7 Å². The summed E-state index contributed by atoms with van der Waals surface area (Å²) < 4.78 is 10.1. The van der Waals surface area contributed by atoms with E-state index in [2.05, 4.69) is 10.1 Å². The number of rotatable bonds is 8. The van der Waals surface area contributed by atoms with Gasteiger partial charge in [0.25, 0.3) is 5.91 Å². The molecule has 136 valence electrons. The van der Waals surface area contributed by atoms with Crippen LogP contribution in [0.1, 0.15) is 22.8 Å². The molecule has 0 radical (unpaired) electrons. The molecule has 2 rings (SSSR count). The molecule has 26 heavy (non-hydrogen) atoms. The van der Waals surface area contributed by atoms with Crippen LogP contribution in [0.5, 0.6) is 5.75 Å². The van der Waals surface area contributed by atoms with Crippen LogP contribution in [0.25, 0.3) is 0 Å². The fourth-order valence-electron chi connectivity index (χ4n) is 2.40. The molecule has 0 unspecified atom stereocenters. The maximum Gasteiger partial charge on any atom is 0.341 e. The molecule has 1 amide bonds. The van der Waals surface area contributed by atoms with Crippen LogP contribution < -0.4 is 10.1 Å². The first-order valence-electron chi connectivity index (χ1n) is 8.15. The third-order valence-electron chi connectivity index (χ3n) is 3.76. The second-order valence-electron chi connectivity index (χ2n) is 5.70. The summed E-state index contributed by atoms with van der Waals surface area (Å²) in [5, 5.41) is 2.67. The fraction of sp³-hybridized carbons (Fsp3) is 0.250. The van der Waals surface area contributed by atoms with Gasteiger partial charge in [0.15, 0.2) is 12.4 Å². The van der Waals surface area contributed by atoms with E-state index in [1.165, 1.54) is 14.0 Å². The third-order valence-corrected chi connectivity index (χ3v) is 3.76. The van der Waals surface area contributed by atoms with Gasteiger partial charge in [0.1, 0.15) is 11.3 Å². The standard InChI is InChI=1S/C20H21NO5/c1-14(22)17(12-15-8-4-3-5-9-15)21-19(23)13-26-18-11-7-6-10-16(18)20(24)25-2/h3-11,17H,12-13H2,1-2H3,(H,21,23)/t17-/m0/s1. The Kier molecular flexibility index (Phi) is 6.91. The molecular weight excluding hydrogens is 334 g/mol. The average Bonchev–Trinajstić information content (AvgIpc) is 2.66. The summed E-state index contributed by atoms with van der Waals surface area (Å²) in [5.74, 6) is -0.887. The minimum Gasteiger partial charge on any atom is -0.483 e. The quantitative estimate of drug-likeness (QED) is 0.734. The molecule has 2 aromatic rings. The molecule has 6 nitrogen and oxygen atoms in total. The van der Waals surface area contributed by atoms with Crippen molar-refractivity contribution < 1.29 is 23.9 Å². The molecule has 0 aromatic heterocycles. The highest BCUT2D eigenvalue weighted by molar-refractivity contribution is 5.92. The van der Waals surface area contributed by atoms with Crippen LogP contribution in [0.4, 0.5) is 0 Å². The number of carbonyl (C=O) groups excluding carboxylic acids is 3. The van der Waals surface area contributed by atoms with Gasteiger partial charge in [0.2, 0.25) is 0 Å². The van der Waals surface area contributed by atoms with E-state index in [-0.39, 0.29) is 23.7 Å². The lowest BCUT2D eigenvalue weighted by molar-refractivity contribution is -0.128. The van der Waals surface area contributed by atoms with Crippen LogP contribution in [0, 0.1) is 0 Å². The van der Waals surface area contributed by atoms with Gasteiger partial charge >= 0.3 is 5.97 Å². The number of Topliss-reactive ketones (excluding diaryl/α,β-unsaturated/α-hetero) is 1. The van der Waals surface area contributed by atoms with E-state index < -0.39 is 17.9 Å². The molecule has 0 aliphatic heterocycles. The van der Waals surface area contributed by atoms with Gasteiger partial charge in [0.05, 0.1) is 13.2 Å². The molecule has 0 aliphatic carbocycles. The number of ether oxygens (including phenoxy) is 2. The predicted octanol–water partition coefficient (Wildman–Crippen LogP) is 2.17. The number of methoxy groups -OCH3 is 1. The summed E-state index contributed by atoms with van der Waals surface area (Å²) in [6, 6.07) is 15.3. The number of esters is 1. The molecule has 1 atom stereocenters. The van der Waals surface area contributed by atoms with Crippen LogP contribution in [0.3, 0.4) is 0 Å². The Balaban J connectivity index is 1.97. The molecule has 6 heteroatoms. The minimum absolute atomic E-state index is 0.142. The van der Waals surface area contributed by atoms with E-state index in [0.29, 0.717) is 6.42 Å². The highest BCUT2D eigenvalue weighted by atomic mass is 16.5. The average molecular weight is 355 g/mol. The van der Waals surface area contributed by atoms with Crippen molar-refractivity contribution in [3.63, 3.8) is 0 Å². The number of hydrogen-bond donors (Lipinski definition) is 1. The predicted molar refractivity (Wildman–Crippen MR) is 96.0 cm³/mol. The number of amides is 1. The summed E-state index contributed by atoms with van der Waals surface area (Å²) in [4.78, 5) is 35.7. The zero-order valence-corrected chi connectivity index (χ0v) is 14.7. The van der Waals surface area contributed by atoms with Crippen molar-refractivity contribution in [3.05, 3.63) is 65.7 Å². The van der Waals surface area contributed by atoms with Gasteiger partial charge in [-0.1, -0.05) is 42.5 Å². The number of para-hydroxylation sites is 1. The molecular formula is C20H21NO5. The second-order valence-corrected chi connectivity index (χ2v) is 5.70. The van der Waals surface area contributed by atoms with Crippen molar-refractivity contribution >= 4 is 17.7 Å². The zero-order valence-electron chi connectivity index (χ0n) is 14.7. The van der Waals surface area contributed by atoms with E-state index in [9.17, 15) is 14.4 Å². The molecule has 0 saturated carbocycles. The van der Waals surface area contributed by atoms with E-state index in [1.54, 1.807) is 24.3 Å². The normalized spacial score (nSPS) is 11.3. The van der Waals surface area contributed by atoms with Crippen molar-refractivity contribution in [2.24, 2.45) is 0 Å². The molecule has 0 aliphatic rings. The second kappa shape index (κ2) is 9.36. The first kappa shape index (κ1) is 19.2. The van der Waals surface area contributed by atoms with Gasteiger partial charge in [-0.15, -0.1) is 0 Å². The van der Waals surface area contributed by atoms with E-state index in [1.807, 2.05) is 30.3 Å². The highest BCUT2D eigenvalue weighted by Gasteiger charge is 2.19. The van der Waals surface area contributed by atoms with Crippen LogP contribution in [0.15, 0.2) is 54.6 Å². The Labute approximate surface area is 152 Å². The maximum atomic E-state index is 12.2. The van der Waals surface area contributed by atoms with Gasteiger partial charge in [-0.3, -0.25) is 9.59 Å². The van der Waals surface area contributed by atoms with Crippen LogP contribution >= 0.6 is 0 Å². The van der Waals surface area contributed by atoms with Gasteiger partial charge in [-0.05, 0) is 31.0 Å². The first-order chi connectivity index (χ1) is 12.5. The monoisotopic (exact) mass is 355 g/mol. The number of ketones is 1. The number of benzene rings is 2. The zero-order chi connectivity index (χ0) is 18.9. The largest absolute Gasteiger partial charge is 0.483 e. The number of carbonyl (C=O) groups is 3. The Bertz CT molecular complexity index is 773. The Morgan fingerprint density at radius 2 is 1.65 bits per heavy atom. The molecule has 0 bridgehead atoms. The lowest BCUT2D eigenvalue weighted by Crippen LogP contribution is -2.43. The van der Waals surface area contributed by atoms with Crippen molar-refractivity contribution in [2.45, 2.75) is 19.4 Å². The fourth-order valence-corrected chi connectivity index (χ4v) is 2.40. The molecule has 2 aromatic carbocycles. The summed E-state index contributed by atoms with van der Waals surface area (Å²) in [5.41, 5.74) is 1.18. The summed E-state index contributed by atoms with van der Waals surface area (Å²) in [7, 11) is 1.27. The van der Waals surface area contributed by atoms with E-state index >= 15 is 0 Å². The van der Waals surface area contributed by atoms with Crippen molar-refractivity contribution in [1.29, 1.82) is 0 Å². The van der Waals surface area contributed by atoms with E-state index in [4.69, 9.17) is 4.74 Å². The van der Waals surface area contributed by atoms with Gasteiger partial charge in [-0.2, -0.15) is 0 Å². The van der Waals surface area contributed by atoms with E-state index in [0.717, 1.165) is 5.56 Å². The lowest BCUT2D eigenvalue weighted by atomic mass is 10.0. The summed E-state index contributed by atoms with van der Waals surface area (Å²) in [6.07, 6.45) is 0.403. The molecule has 0 fully saturated rings.